The minimum absolute atomic E-state index is 0.325. The van der Waals surface area contributed by atoms with Crippen LogP contribution < -0.4 is 0 Å². The van der Waals surface area contributed by atoms with Gasteiger partial charge in [-0.15, -0.1) is 0 Å². The lowest BCUT2D eigenvalue weighted by Crippen LogP contribution is -2.58. The van der Waals surface area contributed by atoms with Crippen molar-refractivity contribution in [2.75, 3.05) is 0 Å². The molecule has 2 atom stereocenters. The lowest BCUT2D eigenvalue weighted by atomic mass is 9.80. The number of amides is 1. The van der Waals surface area contributed by atoms with E-state index < -0.39 is 23.8 Å². The quantitative estimate of drug-likeness (QED) is 0.823. The molecule has 0 aromatic carbocycles. The van der Waals surface area contributed by atoms with Crippen LogP contribution in [0.25, 0.3) is 0 Å². The van der Waals surface area contributed by atoms with E-state index in [1.165, 1.54) is 4.90 Å². The molecular formula is C15H31NO3. The van der Waals surface area contributed by atoms with Crippen molar-refractivity contribution < 1.29 is 15.0 Å². The molecule has 0 aromatic heterocycles. The van der Waals surface area contributed by atoms with Crippen LogP contribution in [0, 0.1) is 11.3 Å². The first-order valence-corrected chi connectivity index (χ1v) is 6.98. The number of nitrogens with zero attached hydrogens (tertiary/aromatic N) is 1. The summed E-state index contributed by atoms with van der Waals surface area (Å²) in [5.74, 6) is 0.325. The Kier molecular flexibility index (Phi) is 5.87. The number of hydrogen-bond acceptors (Lipinski definition) is 2. The first kappa shape index (κ1) is 18.2. The van der Waals surface area contributed by atoms with Gasteiger partial charge in [-0.1, -0.05) is 34.6 Å². The minimum atomic E-state index is -0.971. The van der Waals surface area contributed by atoms with Crippen LogP contribution in [0.2, 0.25) is 0 Å². The molecule has 4 heteroatoms. The highest BCUT2D eigenvalue weighted by Gasteiger charge is 2.41. The SMILES string of the molecule is CC(C)CC(C(O)C(C)(C)C)N(C(=O)O)C(C)(C)C. The van der Waals surface area contributed by atoms with E-state index in [0.29, 0.717) is 12.3 Å². The summed E-state index contributed by atoms with van der Waals surface area (Å²) in [4.78, 5) is 13.0. The van der Waals surface area contributed by atoms with Crippen LogP contribution in [0.5, 0.6) is 0 Å². The molecule has 0 aliphatic carbocycles. The molecule has 0 aromatic rings. The number of aliphatic hydroxyl groups excluding tert-OH is 1. The van der Waals surface area contributed by atoms with Crippen LogP contribution in [0.15, 0.2) is 0 Å². The topological polar surface area (TPSA) is 60.8 Å². The maximum atomic E-state index is 11.6. The summed E-state index contributed by atoms with van der Waals surface area (Å²) >= 11 is 0. The van der Waals surface area contributed by atoms with Gasteiger partial charge in [0.15, 0.2) is 0 Å². The molecule has 0 aliphatic rings. The summed E-state index contributed by atoms with van der Waals surface area (Å²) in [6, 6.07) is -0.391. The van der Waals surface area contributed by atoms with Crippen molar-refractivity contribution in [3.8, 4) is 0 Å². The van der Waals surface area contributed by atoms with Crippen LogP contribution in [0.4, 0.5) is 4.79 Å². The van der Waals surface area contributed by atoms with E-state index in [0.717, 1.165) is 0 Å². The first-order chi connectivity index (χ1) is 8.28. The van der Waals surface area contributed by atoms with E-state index in [2.05, 4.69) is 0 Å². The predicted octanol–water partition coefficient (Wildman–Crippen LogP) is 3.59. The molecule has 2 unspecified atom stereocenters. The summed E-state index contributed by atoms with van der Waals surface area (Å²) in [6.07, 6.45) is -1.01. The maximum absolute atomic E-state index is 11.6. The Bertz CT molecular complexity index is 299. The van der Waals surface area contributed by atoms with Crippen LogP contribution in [0.1, 0.15) is 61.8 Å². The Hall–Kier alpha value is -0.770. The highest BCUT2D eigenvalue weighted by Crippen LogP contribution is 2.31. The van der Waals surface area contributed by atoms with Crippen molar-refractivity contribution in [3.05, 3.63) is 0 Å². The lowest BCUT2D eigenvalue weighted by molar-refractivity contribution is -0.0461. The van der Waals surface area contributed by atoms with Gasteiger partial charge in [0.25, 0.3) is 0 Å². The molecule has 0 saturated heterocycles. The highest BCUT2D eigenvalue weighted by atomic mass is 16.4. The van der Waals surface area contributed by atoms with Crippen molar-refractivity contribution in [1.82, 2.24) is 4.90 Å². The average Bonchev–Trinajstić information content (AvgIpc) is 2.10. The molecule has 0 saturated carbocycles. The molecule has 0 radical (unpaired) electrons. The van der Waals surface area contributed by atoms with E-state index in [9.17, 15) is 15.0 Å². The van der Waals surface area contributed by atoms with Crippen molar-refractivity contribution in [2.24, 2.45) is 11.3 Å². The summed E-state index contributed by atoms with van der Waals surface area (Å²) < 4.78 is 0. The fourth-order valence-corrected chi connectivity index (χ4v) is 2.36. The molecule has 19 heavy (non-hydrogen) atoms. The Morgan fingerprint density at radius 2 is 1.53 bits per heavy atom. The zero-order chi connectivity index (χ0) is 15.6. The van der Waals surface area contributed by atoms with Crippen molar-refractivity contribution >= 4 is 6.09 Å². The van der Waals surface area contributed by atoms with Crippen LogP contribution in [-0.4, -0.2) is 38.9 Å². The number of hydrogen-bond donors (Lipinski definition) is 2. The Labute approximate surface area is 117 Å². The van der Waals surface area contributed by atoms with Crippen LogP contribution in [-0.2, 0) is 0 Å². The molecule has 114 valence electrons. The van der Waals surface area contributed by atoms with Crippen LogP contribution >= 0.6 is 0 Å². The molecule has 2 N–H and O–H groups in total. The normalized spacial score (nSPS) is 16.3. The van der Waals surface area contributed by atoms with Gasteiger partial charge < -0.3 is 10.2 Å². The van der Waals surface area contributed by atoms with E-state index in [1.807, 2.05) is 55.4 Å². The fourth-order valence-electron chi connectivity index (χ4n) is 2.36. The van der Waals surface area contributed by atoms with Gasteiger partial charge in [-0.3, -0.25) is 4.90 Å². The standard InChI is InChI=1S/C15H31NO3/c1-10(2)9-11(12(17)14(3,4)5)16(13(18)19)15(6,7)8/h10-12,17H,9H2,1-8H3,(H,18,19). The zero-order valence-electron chi connectivity index (χ0n) is 13.7. The largest absolute Gasteiger partial charge is 0.465 e. The van der Waals surface area contributed by atoms with Crippen LogP contribution in [0.3, 0.4) is 0 Å². The highest BCUT2D eigenvalue weighted by molar-refractivity contribution is 5.66. The van der Waals surface area contributed by atoms with Gasteiger partial charge in [0, 0.05) is 5.54 Å². The first-order valence-electron chi connectivity index (χ1n) is 6.98. The molecule has 0 rings (SSSR count). The van der Waals surface area contributed by atoms with Crippen molar-refractivity contribution in [3.63, 3.8) is 0 Å². The molecule has 0 bridgehead atoms. The number of carbonyl (C=O) groups is 1. The monoisotopic (exact) mass is 273 g/mol. The Balaban J connectivity index is 5.50. The Morgan fingerprint density at radius 1 is 1.11 bits per heavy atom. The number of rotatable bonds is 4. The van der Waals surface area contributed by atoms with Gasteiger partial charge in [-0.05, 0) is 38.5 Å². The van der Waals surface area contributed by atoms with Gasteiger partial charge in [0.1, 0.15) is 0 Å². The van der Waals surface area contributed by atoms with Crippen molar-refractivity contribution in [1.29, 1.82) is 0 Å². The number of carboxylic acid groups (broad SMARTS) is 1. The summed E-state index contributed by atoms with van der Waals surface area (Å²) in [5, 5.41) is 20.1. The van der Waals surface area contributed by atoms with Crippen molar-refractivity contribution in [2.45, 2.75) is 79.5 Å². The van der Waals surface area contributed by atoms with Gasteiger partial charge in [0.05, 0.1) is 12.1 Å². The molecule has 1 amide bonds. The van der Waals surface area contributed by atoms with Gasteiger partial charge in [-0.25, -0.2) is 4.79 Å². The molecule has 4 nitrogen and oxygen atoms in total. The predicted molar refractivity (Wildman–Crippen MR) is 78.3 cm³/mol. The zero-order valence-corrected chi connectivity index (χ0v) is 13.7. The molecule has 0 spiro atoms. The average molecular weight is 273 g/mol. The third-order valence-electron chi connectivity index (χ3n) is 3.23. The van der Waals surface area contributed by atoms with Gasteiger partial charge in [0.2, 0.25) is 0 Å². The Morgan fingerprint density at radius 3 is 1.74 bits per heavy atom. The number of aliphatic hydroxyl groups is 1. The maximum Gasteiger partial charge on any atom is 0.408 e. The molecule has 0 aliphatic heterocycles. The second-order valence-corrected chi connectivity index (χ2v) is 7.83. The minimum Gasteiger partial charge on any atom is -0.465 e. The second kappa shape index (κ2) is 6.12. The summed E-state index contributed by atoms with van der Waals surface area (Å²) in [6.45, 7) is 15.5. The van der Waals surface area contributed by atoms with E-state index in [1.54, 1.807) is 0 Å². The van der Waals surface area contributed by atoms with E-state index in [4.69, 9.17) is 0 Å². The lowest BCUT2D eigenvalue weighted by Gasteiger charge is -2.45. The second-order valence-electron chi connectivity index (χ2n) is 7.83. The summed E-state index contributed by atoms with van der Waals surface area (Å²) in [5.41, 5.74) is -0.879. The fraction of sp³-hybridized carbons (Fsp3) is 0.933. The molecule has 0 fully saturated rings. The molecular weight excluding hydrogens is 242 g/mol. The summed E-state index contributed by atoms with van der Waals surface area (Å²) in [7, 11) is 0. The molecule has 0 heterocycles. The van der Waals surface area contributed by atoms with E-state index in [-0.39, 0.29) is 5.41 Å². The third kappa shape index (κ3) is 5.39. The van der Waals surface area contributed by atoms with Gasteiger partial charge in [-0.2, -0.15) is 0 Å². The smallest absolute Gasteiger partial charge is 0.408 e. The van der Waals surface area contributed by atoms with E-state index >= 15 is 0 Å². The third-order valence-corrected chi connectivity index (χ3v) is 3.23. The van der Waals surface area contributed by atoms with Gasteiger partial charge >= 0.3 is 6.09 Å².